The first-order valence-electron chi connectivity index (χ1n) is 9.40. The molecule has 1 amide bonds. The molecule has 0 unspecified atom stereocenters. The molecule has 2 aromatic heterocycles. The SMILES string of the molecule is Cc1cc([C@@H](C)NC(=O)O)c2oc(-c3ccc(=O)n(C(C)C)c3)c(C)c(=O)c2c1. The molecular formula is C22H24N2O5. The number of benzene rings is 1. The molecule has 0 saturated heterocycles. The minimum Gasteiger partial charge on any atom is -0.465 e. The largest absolute Gasteiger partial charge is 0.465 e. The van der Waals surface area contributed by atoms with Gasteiger partial charge >= 0.3 is 6.09 Å². The molecule has 7 heteroatoms. The zero-order valence-electron chi connectivity index (χ0n) is 17.1. The summed E-state index contributed by atoms with van der Waals surface area (Å²) in [5.74, 6) is 0.365. The van der Waals surface area contributed by atoms with Crippen molar-refractivity contribution in [2.24, 2.45) is 0 Å². The monoisotopic (exact) mass is 396 g/mol. The van der Waals surface area contributed by atoms with Crippen molar-refractivity contribution in [3.05, 3.63) is 67.7 Å². The van der Waals surface area contributed by atoms with Gasteiger partial charge in [-0.05, 0) is 52.3 Å². The van der Waals surface area contributed by atoms with Crippen LogP contribution in [0.3, 0.4) is 0 Å². The van der Waals surface area contributed by atoms with E-state index in [9.17, 15) is 14.4 Å². The second-order valence-electron chi connectivity index (χ2n) is 7.54. The number of hydrogen-bond acceptors (Lipinski definition) is 4. The zero-order chi connectivity index (χ0) is 21.5. The van der Waals surface area contributed by atoms with Crippen LogP contribution in [-0.4, -0.2) is 15.8 Å². The van der Waals surface area contributed by atoms with E-state index in [1.807, 2.05) is 20.8 Å². The standard InChI is InChI=1S/C22H24N2O5/c1-11(2)24-10-15(6-7-18(24)25)20-13(4)19(26)17-9-12(3)8-16(21(17)29-20)14(5)23-22(27)28/h6-11,14,23H,1-5H3,(H,27,28)/t14-/m1/s1. The Morgan fingerprint density at radius 1 is 1.14 bits per heavy atom. The van der Waals surface area contributed by atoms with Gasteiger partial charge in [-0.15, -0.1) is 0 Å². The highest BCUT2D eigenvalue weighted by atomic mass is 16.4. The molecular weight excluding hydrogens is 372 g/mol. The van der Waals surface area contributed by atoms with Crippen LogP contribution < -0.4 is 16.3 Å². The lowest BCUT2D eigenvalue weighted by atomic mass is 9.99. The summed E-state index contributed by atoms with van der Waals surface area (Å²) in [6.07, 6.45) is 0.516. The smallest absolute Gasteiger partial charge is 0.405 e. The van der Waals surface area contributed by atoms with Crippen LogP contribution in [0.25, 0.3) is 22.3 Å². The van der Waals surface area contributed by atoms with Crippen molar-refractivity contribution in [1.29, 1.82) is 0 Å². The quantitative estimate of drug-likeness (QED) is 0.690. The Bertz CT molecular complexity index is 1220. The summed E-state index contributed by atoms with van der Waals surface area (Å²) in [4.78, 5) is 36.3. The molecule has 7 nitrogen and oxygen atoms in total. The number of nitrogens with zero attached hydrogens (tertiary/aromatic N) is 1. The van der Waals surface area contributed by atoms with Crippen molar-refractivity contribution >= 4 is 17.1 Å². The van der Waals surface area contributed by atoms with Crippen LogP contribution in [0.5, 0.6) is 0 Å². The molecule has 2 N–H and O–H groups in total. The van der Waals surface area contributed by atoms with Crippen LogP contribution in [0.15, 0.2) is 44.5 Å². The van der Waals surface area contributed by atoms with Gasteiger partial charge in [-0.2, -0.15) is 0 Å². The third-order valence-corrected chi connectivity index (χ3v) is 4.96. The predicted molar refractivity (Wildman–Crippen MR) is 112 cm³/mol. The molecule has 2 heterocycles. The van der Waals surface area contributed by atoms with Crippen molar-refractivity contribution in [1.82, 2.24) is 9.88 Å². The van der Waals surface area contributed by atoms with E-state index in [4.69, 9.17) is 9.52 Å². The Labute approximate surface area is 167 Å². The van der Waals surface area contributed by atoms with Crippen molar-refractivity contribution in [3.8, 4) is 11.3 Å². The number of nitrogens with one attached hydrogen (secondary N) is 1. The van der Waals surface area contributed by atoms with Gasteiger partial charge in [-0.1, -0.05) is 6.07 Å². The van der Waals surface area contributed by atoms with Gasteiger partial charge in [0.25, 0.3) is 5.56 Å². The first-order valence-corrected chi connectivity index (χ1v) is 9.40. The number of carboxylic acid groups (broad SMARTS) is 1. The van der Waals surface area contributed by atoms with E-state index in [-0.39, 0.29) is 17.0 Å². The molecule has 0 aliphatic carbocycles. The van der Waals surface area contributed by atoms with Crippen LogP contribution in [0, 0.1) is 13.8 Å². The molecule has 1 aromatic carbocycles. The fourth-order valence-electron chi connectivity index (χ4n) is 3.47. The van der Waals surface area contributed by atoms with E-state index in [1.54, 1.807) is 42.8 Å². The average molecular weight is 396 g/mol. The first kappa shape index (κ1) is 20.4. The highest BCUT2D eigenvalue weighted by Gasteiger charge is 2.20. The molecule has 0 bridgehead atoms. The van der Waals surface area contributed by atoms with E-state index in [0.717, 1.165) is 5.56 Å². The van der Waals surface area contributed by atoms with Crippen LogP contribution in [-0.2, 0) is 0 Å². The number of fused-ring (bicyclic) bond motifs is 1. The molecule has 0 aliphatic heterocycles. The van der Waals surface area contributed by atoms with Gasteiger partial charge in [0.1, 0.15) is 11.3 Å². The summed E-state index contributed by atoms with van der Waals surface area (Å²) in [5, 5.41) is 11.9. The number of carbonyl (C=O) groups is 1. The molecule has 1 atom stereocenters. The fourth-order valence-corrected chi connectivity index (χ4v) is 3.47. The van der Waals surface area contributed by atoms with Crippen LogP contribution in [0.1, 0.15) is 49.5 Å². The second-order valence-corrected chi connectivity index (χ2v) is 7.54. The van der Waals surface area contributed by atoms with E-state index in [1.165, 1.54) is 6.07 Å². The Balaban J connectivity index is 2.33. The summed E-state index contributed by atoms with van der Waals surface area (Å²) in [7, 11) is 0. The normalized spacial score (nSPS) is 12.3. The molecule has 29 heavy (non-hydrogen) atoms. The van der Waals surface area contributed by atoms with Crippen molar-refractivity contribution in [2.75, 3.05) is 0 Å². The Morgan fingerprint density at radius 3 is 2.45 bits per heavy atom. The van der Waals surface area contributed by atoms with Crippen molar-refractivity contribution < 1.29 is 14.3 Å². The molecule has 0 fully saturated rings. The third kappa shape index (κ3) is 3.81. The highest BCUT2D eigenvalue weighted by Crippen LogP contribution is 2.30. The van der Waals surface area contributed by atoms with Gasteiger partial charge in [0.2, 0.25) is 0 Å². The van der Waals surface area contributed by atoms with Crippen LogP contribution in [0.4, 0.5) is 4.79 Å². The maximum atomic E-state index is 13.1. The first-order chi connectivity index (χ1) is 13.6. The summed E-state index contributed by atoms with van der Waals surface area (Å²) in [6.45, 7) is 9.02. The molecule has 3 rings (SSSR count). The lowest BCUT2D eigenvalue weighted by Crippen LogP contribution is -2.25. The van der Waals surface area contributed by atoms with Gasteiger partial charge in [0.05, 0.1) is 11.4 Å². The number of pyridine rings is 1. The minimum absolute atomic E-state index is 0.0482. The highest BCUT2D eigenvalue weighted by molar-refractivity contribution is 5.84. The third-order valence-electron chi connectivity index (χ3n) is 4.96. The van der Waals surface area contributed by atoms with Gasteiger partial charge in [0.15, 0.2) is 5.43 Å². The lowest BCUT2D eigenvalue weighted by Gasteiger charge is -2.17. The number of aromatic nitrogens is 1. The summed E-state index contributed by atoms with van der Waals surface area (Å²) >= 11 is 0. The number of hydrogen-bond donors (Lipinski definition) is 2. The molecule has 3 aromatic rings. The zero-order valence-corrected chi connectivity index (χ0v) is 17.1. The minimum atomic E-state index is -1.16. The molecule has 0 spiro atoms. The second kappa shape index (κ2) is 7.58. The molecule has 0 saturated carbocycles. The number of aryl methyl sites for hydroxylation is 1. The summed E-state index contributed by atoms with van der Waals surface area (Å²) < 4.78 is 7.75. The number of amides is 1. The van der Waals surface area contributed by atoms with Crippen LogP contribution in [0.2, 0.25) is 0 Å². The van der Waals surface area contributed by atoms with E-state index < -0.39 is 12.1 Å². The lowest BCUT2D eigenvalue weighted by molar-refractivity contribution is 0.191. The van der Waals surface area contributed by atoms with Crippen molar-refractivity contribution in [2.45, 2.75) is 46.7 Å². The Kier molecular flexibility index (Phi) is 5.33. The molecule has 152 valence electrons. The van der Waals surface area contributed by atoms with Gasteiger partial charge < -0.3 is 19.4 Å². The van der Waals surface area contributed by atoms with Gasteiger partial charge in [-0.25, -0.2) is 4.79 Å². The van der Waals surface area contributed by atoms with Gasteiger partial charge in [-0.3, -0.25) is 9.59 Å². The molecule has 0 radical (unpaired) electrons. The average Bonchev–Trinajstić information content (AvgIpc) is 2.64. The Morgan fingerprint density at radius 2 is 1.83 bits per heavy atom. The maximum absolute atomic E-state index is 13.1. The maximum Gasteiger partial charge on any atom is 0.405 e. The van der Waals surface area contributed by atoms with Crippen molar-refractivity contribution in [3.63, 3.8) is 0 Å². The van der Waals surface area contributed by atoms with E-state index in [0.29, 0.717) is 33.4 Å². The fraction of sp³-hybridized carbons (Fsp3) is 0.318. The number of rotatable bonds is 4. The topological polar surface area (TPSA) is 102 Å². The van der Waals surface area contributed by atoms with E-state index in [2.05, 4.69) is 5.32 Å². The van der Waals surface area contributed by atoms with E-state index >= 15 is 0 Å². The summed E-state index contributed by atoms with van der Waals surface area (Å²) in [6, 6.07) is 6.00. The summed E-state index contributed by atoms with van der Waals surface area (Å²) in [5.41, 5.74) is 2.47. The molecule has 0 aliphatic rings. The predicted octanol–water partition coefficient (Wildman–Crippen LogP) is 4.15. The van der Waals surface area contributed by atoms with Crippen LogP contribution >= 0.6 is 0 Å². The Hall–Kier alpha value is -3.35. The van der Waals surface area contributed by atoms with Gasteiger partial charge in [0, 0.05) is 35.0 Å².